The Balaban J connectivity index is 1.85. The van der Waals surface area contributed by atoms with Crippen LogP contribution in [0, 0.1) is 12.7 Å². The van der Waals surface area contributed by atoms with Crippen molar-refractivity contribution in [3.8, 4) is 5.75 Å². The molecule has 1 atom stereocenters. The molecule has 28 heavy (non-hydrogen) atoms. The van der Waals surface area contributed by atoms with Gasteiger partial charge in [0.1, 0.15) is 18.2 Å². The van der Waals surface area contributed by atoms with Crippen LogP contribution in [0.2, 0.25) is 5.02 Å². The Morgan fingerprint density at radius 2 is 2.07 bits per heavy atom. The third-order valence-electron chi connectivity index (χ3n) is 4.28. The highest BCUT2D eigenvalue weighted by Gasteiger charge is 2.33. The minimum Gasteiger partial charge on any atom is -0.487 e. The summed E-state index contributed by atoms with van der Waals surface area (Å²) >= 11 is 7.43. The number of allylic oxidation sites excluding steroid dienone is 1. The number of hydrogen-bond acceptors (Lipinski definition) is 5. The van der Waals surface area contributed by atoms with E-state index in [2.05, 4.69) is 10.6 Å². The van der Waals surface area contributed by atoms with Crippen molar-refractivity contribution < 1.29 is 23.5 Å². The molecule has 9 heteroatoms. The maximum atomic E-state index is 13.2. The fourth-order valence-corrected chi connectivity index (χ4v) is 4.19. The summed E-state index contributed by atoms with van der Waals surface area (Å²) in [5, 5.41) is 5.53. The molecule has 0 saturated carbocycles. The topological polar surface area (TPSA) is 76.7 Å². The summed E-state index contributed by atoms with van der Waals surface area (Å²) in [7, 11) is 1.29. The smallest absolute Gasteiger partial charge is 0.338 e. The second kappa shape index (κ2) is 8.20. The number of rotatable bonds is 5. The first-order valence-electron chi connectivity index (χ1n) is 8.33. The van der Waals surface area contributed by atoms with E-state index in [-0.39, 0.29) is 11.6 Å². The highest BCUT2D eigenvalue weighted by Crippen LogP contribution is 2.35. The van der Waals surface area contributed by atoms with Gasteiger partial charge in [-0.25, -0.2) is 14.0 Å². The van der Waals surface area contributed by atoms with Crippen molar-refractivity contribution in [3.63, 3.8) is 0 Å². The Hall–Kier alpha value is -2.58. The third-order valence-corrected chi connectivity index (χ3v) is 5.73. The Bertz CT molecular complexity index is 973. The standard InChI is InChI=1S/C19H18ClFN2O4S/c1-9-16(18(24)26-3)17(23-19(25)22-9)15-6-11(10(2)28-15)8-27-14-5-4-12(21)7-13(14)20/h4-7,17H,8H2,1-3H3,(H2,22,23,25). The second-order valence-corrected chi connectivity index (χ2v) is 7.85. The molecule has 0 spiro atoms. The summed E-state index contributed by atoms with van der Waals surface area (Å²) < 4.78 is 23.7. The lowest BCUT2D eigenvalue weighted by Gasteiger charge is -2.26. The molecule has 2 heterocycles. The van der Waals surface area contributed by atoms with Gasteiger partial charge < -0.3 is 20.1 Å². The number of urea groups is 1. The summed E-state index contributed by atoms with van der Waals surface area (Å²) in [6.07, 6.45) is 0. The van der Waals surface area contributed by atoms with Crippen molar-refractivity contribution in [3.05, 3.63) is 61.7 Å². The third kappa shape index (κ3) is 4.13. The van der Waals surface area contributed by atoms with E-state index < -0.39 is 23.9 Å². The predicted molar refractivity (Wildman–Crippen MR) is 104 cm³/mol. The van der Waals surface area contributed by atoms with Crippen molar-refractivity contribution in [2.24, 2.45) is 0 Å². The van der Waals surface area contributed by atoms with Gasteiger partial charge in [0.15, 0.2) is 0 Å². The Labute approximate surface area is 170 Å². The van der Waals surface area contributed by atoms with Crippen LogP contribution in [0.4, 0.5) is 9.18 Å². The number of aryl methyl sites for hydroxylation is 1. The fourth-order valence-electron chi connectivity index (χ4n) is 2.87. The Morgan fingerprint density at radius 1 is 1.32 bits per heavy atom. The molecule has 3 rings (SSSR count). The first-order valence-corrected chi connectivity index (χ1v) is 9.53. The SMILES string of the molecule is COC(=O)C1=C(C)NC(=O)NC1c1cc(COc2ccc(F)cc2Cl)c(C)s1. The van der Waals surface area contributed by atoms with Gasteiger partial charge in [-0.1, -0.05) is 11.6 Å². The molecule has 148 valence electrons. The van der Waals surface area contributed by atoms with Gasteiger partial charge in [0.2, 0.25) is 0 Å². The van der Waals surface area contributed by atoms with Gasteiger partial charge in [-0.15, -0.1) is 11.3 Å². The molecular formula is C19H18ClFN2O4S. The number of nitrogens with one attached hydrogen (secondary N) is 2. The van der Waals surface area contributed by atoms with Crippen molar-refractivity contribution in [2.75, 3.05) is 7.11 Å². The molecule has 0 aliphatic carbocycles. The van der Waals surface area contributed by atoms with Gasteiger partial charge in [-0.05, 0) is 38.1 Å². The molecule has 1 aliphatic heterocycles. The molecule has 2 aromatic rings. The van der Waals surface area contributed by atoms with E-state index in [4.69, 9.17) is 21.1 Å². The second-order valence-electron chi connectivity index (χ2n) is 6.16. The molecule has 2 N–H and O–H groups in total. The van der Waals surface area contributed by atoms with E-state index in [0.717, 1.165) is 15.3 Å². The molecule has 0 saturated heterocycles. The van der Waals surface area contributed by atoms with Crippen LogP contribution in [-0.4, -0.2) is 19.1 Å². The monoisotopic (exact) mass is 424 g/mol. The summed E-state index contributed by atoms with van der Waals surface area (Å²) in [5.74, 6) is -0.584. The van der Waals surface area contributed by atoms with Crippen molar-refractivity contribution in [2.45, 2.75) is 26.5 Å². The summed E-state index contributed by atoms with van der Waals surface area (Å²) in [6, 6.07) is 4.78. The van der Waals surface area contributed by atoms with E-state index in [1.807, 2.05) is 13.0 Å². The minimum absolute atomic E-state index is 0.185. The number of thiophene rings is 1. The number of methoxy groups -OCH3 is 1. The molecule has 6 nitrogen and oxygen atoms in total. The number of halogens is 2. The average Bonchev–Trinajstić information content (AvgIpc) is 3.00. The van der Waals surface area contributed by atoms with Crippen LogP contribution in [-0.2, 0) is 16.1 Å². The molecule has 2 amide bonds. The van der Waals surface area contributed by atoms with Gasteiger partial charge in [0.05, 0.1) is 23.7 Å². The molecule has 1 aromatic heterocycles. The van der Waals surface area contributed by atoms with Crippen LogP contribution < -0.4 is 15.4 Å². The highest BCUT2D eigenvalue weighted by molar-refractivity contribution is 7.12. The normalized spacial score (nSPS) is 16.5. The zero-order valence-corrected chi connectivity index (χ0v) is 17.0. The number of carbonyl (C=O) groups excluding carboxylic acids is 2. The Kier molecular flexibility index (Phi) is 5.90. The number of hydrogen-bond donors (Lipinski definition) is 2. The lowest BCUT2D eigenvalue weighted by Crippen LogP contribution is -2.45. The van der Waals surface area contributed by atoms with E-state index in [1.54, 1.807) is 6.92 Å². The van der Waals surface area contributed by atoms with Gasteiger partial charge in [-0.2, -0.15) is 0 Å². The molecule has 0 bridgehead atoms. The summed E-state index contributed by atoms with van der Waals surface area (Å²) in [6.45, 7) is 3.78. The lowest BCUT2D eigenvalue weighted by atomic mass is 10.0. The average molecular weight is 425 g/mol. The fraction of sp³-hybridized carbons (Fsp3) is 0.263. The number of ether oxygens (including phenoxy) is 2. The quantitative estimate of drug-likeness (QED) is 0.704. The van der Waals surface area contributed by atoms with Gasteiger partial charge in [0.25, 0.3) is 0 Å². The highest BCUT2D eigenvalue weighted by atomic mass is 35.5. The molecule has 0 fully saturated rings. The van der Waals surface area contributed by atoms with Gasteiger partial charge >= 0.3 is 12.0 Å². The predicted octanol–water partition coefficient (Wildman–Crippen LogP) is 4.23. The summed E-state index contributed by atoms with van der Waals surface area (Å²) in [5.41, 5.74) is 1.66. The van der Waals surface area contributed by atoms with Gasteiger partial charge in [-0.3, -0.25) is 0 Å². The zero-order valence-electron chi connectivity index (χ0n) is 15.4. The minimum atomic E-state index is -0.618. The molecule has 0 radical (unpaired) electrons. The zero-order chi connectivity index (χ0) is 20.4. The Morgan fingerprint density at radius 3 is 2.75 bits per heavy atom. The number of carbonyl (C=O) groups is 2. The number of amides is 2. The van der Waals surface area contributed by atoms with Crippen LogP contribution in [0.1, 0.15) is 28.3 Å². The number of esters is 1. The van der Waals surface area contributed by atoms with E-state index in [0.29, 0.717) is 17.0 Å². The van der Waals surface area contributed by atoms with Crippen LogP contribution in [0.5, 0.6) is 5.75 Å². The van der Waals surface area contributed by atoms with E-state index >= 15 is 0 Å². The maximum Gasteiger partial charge on any atom is 0.338 e. The molecule has 1 aliphatic rings. The maximum absolute atomic E-state index is 13.2. The first kappa shape index (κ1) is 20.2. The van der Waals surface area contributed by atoms with Crippen molar-refractivity contribution in [1.29, 1.82) is 0 Å². The van der Waals surface area contributed by atoms with Crippen LogP contribution in [0.3, 0.4) is 0 Å². The van der Waals surface area contributed by atoms with Crippen LogP contribution >= 0.6 is 22.9 Å². The lowest BCUT2D eigenvalue weighted by molar-refractivity contribution is -0.136. The number of benzene rings is 1. The van der Waals surface area contributed by atoms with E-state index in [9.17, 15) is 14.0 Å². The summed E-state index contributed by atoms with van der Waals surface area (Å²) in [4.78, 5) is 25.8. The molecule has 1 unspecified atom stereocenters. The van der Waals surface area contributed by atoms with Crippen LogP contribution in [0.25, 0.3) is 0 Å². The van der Waals surface area contributed by atoms with Crippen molar-refractivity contribution in [1.82, 2.24) is 10.6 Å². The van der Waals surface area contributed by atoms with Crippen molar-refractivity contribution >= 4 is 34.9 Å². The van der Waals surface area contributed by atoms with E-state index in [1.165, 1.54) is 36.6 Å². The first-order chi connectivity index (χ1) is 13.3. The molecule has 1 aromatic carbocycles. The van der Waals surface area contributed by atoms with Gasteiger partial charge in [0, 0.05) is 21.0 Å². The van der Waals surface area contributed by atoms with Crippen LogP contribution in [0.15, 0.2) is 35.5 Å². The largest absolute Gasteiger partial charge is 0.487 e. The molecular weight excluding hydrogens is 407 g/mol.